The van der Waals surface area contributed by atoms with Gasteiger partial charge in [-0.3, -0.25) is 0 Å². The lowest BCUT2D eigenvalue weighted by Gasteiger charge is -2.24. The van der Waals surface area contributed by atoms with Gasteiger partial charge in [0.1, 0.15) is 11.9 Å². The largest absolute Gasteiger partial charge is 0.482 e. The summed E-state index contributed by atoms with van der Waals surface area (Å²) in [4.78, 5) is 1.23. The molecule has 0 bridgehead atoms. The molecule has 2 nitrogen and oxygen atoms in total. The van der Waals surface area contributed by atoms with E-state index in [4.69, 9.17) is 10.5 Å². The van der Waals surface area contributed by atoms with Crippen LogP contribution in [-0.4, -0.2) is 6.04 Å². The standard InChI is InChI=1S/C15H18INOS/c1-3-12(17)14(15-10(2)8-9-19-15)18-13-7-5-4-6-11(13)16/h4-9,12,14H,3,17H2,1-2H3. The maximum atomic E-state index is 6.25. The second kappa shape index (κ2) is 6.72. The Kier molecular flexibility index (Phi) is 5.24. The SMILES string of the molecule is CCC(N)C(Oc1ccccc1I)c1sccc1C. The highest BCUT2D eigenvalue weighted by molar-refractivity contribution is 14.1. The summed E-state index contributed by atoms with van der Waals surface area (Å²) in [6, 6.07) is 10.2. The van der Waals surface area contributed by atoms with Gasteiger partial charge in [-0.25, -0.2) is 0 Å². The highest BCUT2D eigenvalue weighted by Crippen LogP contribution is 2.33. The fraction of sp³-hybridized carbons (Fsp3) is 0.333. The van der Waals surface area contributed by atoms with Crippen molar-refractivity contribution in [2.24, 2.45) is 5.73 Å². The van der Waals surface area contributed by atoms with Crippen LogP contribution >= 0.6 is 33.9 Å². The third kappa shape index (κ3) is 3.49. The summed E-state index contributed by atoms with van der Waals surface area (Å²) in [5, 5.41) is 2.10. The van der Waals surface area contributed by atoms with E-state index >= 15 is 0 Å². The molecule has 0 saturated heterocycles. The second-order valence-electron chi connectivity index (χ2n) is 4.51. The molecule has 0 amide bonds. The first-order chi connectivity index (χ1) is 9.13. The molecule has 0 spiro atoms. The smallest absolute Gasteiger partial charge is 0.148 e. The Labute approximate surface area is 132 Å². The van der Waals surface area contributed by atoms with Gasteiger partial charge < -0.3 is 10.5 Å². The van der Waals surface area contributed by atoms with Crippen LogP contribution in [0.1, 0.15) is 29.9 Å². The minimum Gasteiger partial charge on any atom is -0.482 e. The third-order valence-electron chi connectivity index (χ3n) is 3.11. The molecule has 0 aliphatic heterocycles. The first kappa shape index (κ1) is 14.8. The van der Waals surface area contributed by atoms with Crippen molar-refractivity contribution in [1.29, 1.82) is 0 Å². The zero-order valence-electron chi connectivity index (χ0n) is 11.1. The van der Waals surface area contributed by atoms with Crippen LogP contribution in [0.4, 0.5) is 0 Å². The summed E-state index contributed by atoms with van der Waals surface area (Å²) in [6.45, 7) is 4.21. The number of thiophene rings is 1. The van der Waals surface area contributed by atoms with Crippen LogP contribution in [0.5, 0.6) is 5.75 Å². The number of para-hydroxylation sites is 1. The lowest BCUT2D eigenvalue weighted by molar-refractivity contribution is 0.172. The lowest BCUT2D eigenvalue weighted by Crippen LogP contribution is -2.31. The Bertz CT molecular complexity index is 540. The fourth-order valence-electron chi connectivity index (χ4n) is 1.90. The molecule has 102 valence electrons. The molecule has 2 aromatic rings. The van der Waals surface area contributed by atoms with Gasteiger partial charge in [-0.15, -0.1) is 11.3 Å². The molecule has 4 heteroatoms. The molecule has 2 unspecified atom stereocenters. The van der Waals surface area contributed by atoms with Crippen molar-refractivity contribution in [3.05, 3.63) is 49.7 Å². The zero-order chi connectivity index (χ0) is 13.8. The fourth-order valence-corrected chi connectivity index (χ4v) is 3.45. The Morgan fingerprint density at radius 1 is 1.32 bits per heavy atom. The van der Waals surface area contributed by atoms with Crippen LogP contribution < -0.4 is 10.5 Å². The van der Waals surface area contributed by atoms with Crippen LogP contribution in [-0.2, 0) is 0 Å². The Morgan fingerprint density at radius 2 is 2.05 bits per heavy atom. The number of ether oxygens (including phenoxy) is 1. The maximum absolute atomic E-state index is 6.25. The predicted molar refractivity (Wildman–Crippen MR) is 89.9 cm³/mol. The zero-order valence-corrected chi connectivity index (χ0v) is 14.1. The number of rotatable bonds is 5. The molecule has 0 fully saturated rings. The van der Waals surface area contributed by atoms with Gasteiger partial charge in [-0.1, -0.05) is 19.1 Å². The first-order valence-corrected chi connectivity index (χ1v) is 8.30. The molecule has 1 aromatic carbocycles. The van der Waals surface area contributed by atoms with Gasteiger partial charge >= 0.3 is 0 Å². The normalized spacial score (nSPS) is 14.1. The van der Waals surface area contributed by atoms with E-state index in [1.54, 1.807) is 11.3 Å². The molecule has 1 aromatic heterocycles. The number of benzene rings is 1. The Hall–Kier alpha value is -0.590. The molecule has 0 saturated carbocycles. The minimum absolute atomic E-state index is 0.00774. The van der Waals surface area contributed by atoms with Crippen LogP contribution in [0, 0.1) is 10.5 Å². The molecule has 2 N–H and O–H groups in total. The molecule has 2 rings (SSSR count). The van der Waals surface area contributed by atoms with Gasteiger partial charge in [-0.05, 0) is 65.1 Å². The van der Waals surface area contributed by atoms with E-state index in [1.165, 1.54) is 10.4 Å². The van der Waals surface area contributed by atoms with E-state index in [-0.39, 0.29) is 12.1 Å². The quantitative estimate of drug-likeness (QED) is 0.766. The third-order valence-corrected chi connectivity index (χ3v) is 5.08. The van der Waals surface area contributed by atoms with E-state index in [9.17, 15) is 0 Å². The van der Waals surface area contributed by atoms with Gasteiger partial charge in [0, 0.05) is 10.9 Å². The lowest BCUT2D eigenvalue weighted by atomic mass is 10.1. The molecule has 19 heavy (non-hydrogen) atoms. The van der Waals surface area contributed by atoms with E-state index in [0.29, 0.717) is 0 Å². The van der Waals surface area contributed by atoms with Gasteiger partial charge in [0.25, 0.3) is 0 Å². The van der Waals surface area contributed by atoms with Crippen molar-refractivity contribution in [3.8, 4) is 5.75 Å². The van der Waals surface area contributed by atoms with Crippen LogP contribution in [0.25, 0.3) is 0 Å². The number of hydrogen-bond donors (Lipinski definition) is 1. The summed E-state index contributed by atoms with van der Waals surface area (Å²) in [5.41, 5.74) is 7.51. The van der Waals surface area contributed by atoms with Gasteiger partial charge in [-0.2, -0.15) is 0 Å². The average molecular weight is 387 g/mol. The van der Waals surface area contributed by atoms with E-state index < -0.39 is 0 Å². The minimum atomic E-state index is -0.0686. The van der Waals surface area contributed by atoms with Gasteiger partial charge in [0.05, 0.1) is 3.57 Å². The Balaban J connectivity index is 2.30. The summed E-state index contributed by atoms with van der Waals surface area (Å²) < 4.78 is 7.31. The van der Waals surface area contributed by atoms with Crippen LogP contribution in [0.15, 0.2) is 35.7 Å². The highest BCUT2D eigenvalue weighted by Gasteiger charge is 2.24. The van der Waals surface area contributed by atoms with E-state index in [1.807, 2.05) is 24.3 Å². The first-order valence-electron chi connectivity index (χ1n) is 6.34. The number of aryl methyl sites for hydroxylation is 1. The average Bonchev–Trinajstić information content (AvgIpc) is 2.83. The number of halogens is 1. The van der Waals surface area contributed by atoms with Crippen molar-refractivity contribution in [2.75, 3.05) is 0 Å². The summed E-state index contributed by atoms with van der Waals surface area (Å²) in [7, 11) is 0. The van der Waals surface area contributed by atoms with Crippen molar-refractivity contribution in [3.63, 3.8) is 0 Å². The molecule has 0 aliphatic carbocycles. The highest BCUT2D eigenvalue weighted by atomic mass is 127. The summed E-state index contributed by atoms with van der Waals surface area (Å²) >= 11 is 4.01. The molecular weight excluding hydrogens is 369 g/mol. The van der Waals surface area contributed by atoms with Crippen LogP contribution in [0.2, 0.25) is 0 Å². The Morgan fingerprint density at radius 3 is 2.63 bits per heavy atom. The monoisotopic (exact) mass is 387 g/mol. The molecular formula is C15H18INOS. The van der Waals surface area contributed by atoms with E-state index in [0.717, 1.165) is 15.7 Å². The number of nitrogens with two attached hydrogens (primary N) is 1. The second-order valence-corrected chi connectivity index (χ2v) is 6.62. The molecule has 2 atom stereocenters. The van der Waals surface area contributed by atoms with Gasteiger partial charge in [0.2, 0.25) is 0 Å². The molecule has 0 radical (unpaired) electrons. The summed E-state index contributed by atoms with van der Waals surface area (Å²) in [6.07, 6.45) is 0.826. The van der Waals surface area contributed by atoms with Gasteiger partial charge in [0.15, 0.2) is 0 Å². The predicted octanol–water partition coefficient (Wildman–Crippen LogP) is 4.52. The summed E-state index contributed by atoms with van der Waals surface area (Å²) in [5.74, 6) is 0.907. The maximum Gasteiger partial charge on any atom is 0.148 e. The molecule has 0 aliphatic rings. The van der Waals surface area contributed by atoms with Crippen molar-refractivity contribution in [2.45, 2.75) is 32.4 Å². The van der Waals surface area contributed by atoms with Crippen molar-refractivity contribution < 1.29 is 4.74 Å². The van der Waals surface area contributed by atoms with Crippen molar-refractivity contribution in [1.82, 2.24) is 0 Å². The van der Waals surface area contributed by atoms with Crippen molar-refractivity contribution >= 4 is 33.9 Å². The number of hydrogen-bond acceptors (Lipinski definition) is 3. The van der Waals surface area contributed by atoms with E-state index in [2.05, 4.69) is 47.9 Å². The van der Waals surface area contributed by atoms with Crippen LogP contribution in [0.3, 0.4) is 0 Å². The molecule has 1 heterocycles. The topological polar surface area (TPSA) is 35.2 Å².